The van der Waals surface area contributed by atoms with E-state index in [0.717, 1.165) is 24.8 Å². The monoisotopic (exact) mass is 325 g/mol. The number of thioether (sulfide) groups is 1. The molecule has 0 aromatic heterocycles. The van der Waals surface area contributed by atoms with Crippen LogP contribution in [0.5, 0.6) is 0 Å². The maximum absolute atomic E-state index is 4.30. The van der Waals surface area contributed by atoms with E-state index in [9.17, 15) is 0 Å². The van der Waals surface area contributed by atoms with Crippen molar-refractivity contribution in [1.29, 1.82) is 0 Å². The fourth-order valence-electron chi connectivity index (χ4n) is 2.84. The van der Waals surface area contributed by atoms with Crippen molar-refractivity contribution in [1.82, 2.24) is 10.6 Å². The van der Waals surface area contributed by atoms with Crippen LogP contribution >= 0.6 is 11.8 Å². The first-order chi connectivity index (χ1) is 11.4. The second-order valence-electron chi connectivity index (χ2n) is 5.64. The second kappa shape index (κ2) is 8.06. The minimum atomic E-state index is 0.614. The maximum Gasteiger partial charge on any atom is 0.191 e. The first kappa shape index (κ1) is 15.9. The number of nitrogens with one attached hydrogen (secondary N) is 2. The normalized spacial score (nSPS) is 16.4. The van der Waals surface area contributed by atoms with Crippen LogP contribution in [0.2, 0.25) is 0 Å². The lowest BCUT2D eigenvalue weighted by atomic mass is 9.78. The lowest BCUT2D eigenvalue weighted by Crippen LogP contribution is -2.41. The van der Waals surface area contributed by atoms with Crippen molar-refractivity contribution >= 4 is 17.7 Å². The van der Waals surface area contributed by atoms with Crippen LogP contribution in [-0.2, 0) is 6.42 Å². The van der Waals surface area contributed by atoms with E-state index in [0.29, 0.717) is 5.92 Å². The second-order valence-corrected chi connectivity index (χ2v) is 6.81. The molecule has 2 aromatic carbocycles. The van der Waals surface area contributed by atoms with Crippen molar-refractivity contribution in [3.05, 3.63) is 65.7 Å². The minimum Gasteiger partial charge on any atom is -0.356 e. The average molecular weight is 325 g/mol. The van der Waals surface area contributed by atoms with Crippen LogP contribution < -0.4 is 10.6 Å². The zero-order chi connectivity index (χ0) is 15.9. The summed E-state index contributed by atoms with van der Waals surface area (Å²) in [6.07, 6.45) is 1.17. The number of rotatable bonds is 6. The Morgan fingerprint density at radius 1 is 1.09 bits per heavy atom. The maximum atomic E-state index is 4.30. The number of fused-ring (bicyclic) bond motifs is 1. The summed E-state index contributed by atoms with van der Waals surface area (Å²) in [5, 5.41) is 6.83. The molecule has 0 bridgehead atoms. The van der Waals surface area contributed by atoms with Crippen molar-refractivity contribution < 1.29 is 0 Å². The van der Waals surface area contributed by atoms with E-state index in [-0.39, 0.29) is 0 Å². The predicted molar refractivity (Wildman–Crippen MR) is 99.4 cm³/mol. The summed E-state index contributed by atoms with van der Waals surface area (Å²) in [4.78, 5) is 5.61. The summed E-state index contributed by atoms with van der Waals surface area (Å²) in [5.74, 6) is 2.53. The topological polar surface area (TPSA) is 36.4 Å². The van der Waals surface area contributed by atoms with Crippen LogP contribution in [0.3, 0.4) is 0 Å². The van der Waals surface area contributed by atoms with Crippen LogP contribution in [-0.4, -0.2) is 31.8 Å². The molecule has 1 aliphatic rings. The van der Waals surface area contributed by atoms with Crippen LogP contribution in [0.4, 0.5) is 0 Å². The van der Waals surface area contributed by atoms with Crippen molar-refractivity contribution in [3.8, 4) is 0 Å². The van der Waals surface area contributed by atoms with Crippen LogP contribution in [0.1, 0.15) is 17.0 Å². The van der Waals surface area contributed by atoms with Gasteiger partial charge < -0.3 is 10.6 Å². The van der Waals surface area contributed by atoms with E-state index in [1.54, 1.807) is 0 Å². The SMILES string of the molecule is CN=C(NCCSc1ccccc1)NCC1Cc2ccccc21. The molecule has 1 unspecified atom stereocenters. The summed E-state index contributed by atoms with van der Waals surface area (Å²) < 4.78 is 0. The van der Waals surface area contributed by atoms with Gasteiger partial charge in [-0.3, -0.25) is 4.99 Å². The fraction of sp³-hybridized carbons (Fsp3) is 0.316. The lowest BCUT2D eigenvalue weighted by molar-refractivity contribution is 0.585. The van der Waals surface area contributed by atoms with Gasteiger partial charge in [0.15, 0.2) is 5.96 Å². The Labute approximate surface area is 142 Å². The molecule has 4 heteroatoms. The summed E-state index contributed by atoms with van der Waals surface area (Å²) in [5.41, 5.74) is 2.97. The molecule has 3 rings (SSSR count). The lowest BCUT2D eigenvalue weighted by Gasteiger charge is -2.30. The zero-order valence-corrected chi connectivity index (χ0v) is 14.3. The van der Waals surface area contributed by atoms with E-state index >= 15 is 0 Å². The van der Waals surface area contributed by atoms with Gasteiger partial charge in [0, 0.05) is 36.7 Å². The third-order valence-corrected chi connectivity index (χ3v) is 5.12. The Hall–Kier alpha value is -1.94. The van der Waals surface area contributed by atoms with Crippen LogP contribution in [0, 0.1) is 0 Å². The Morgan fingerprint density at radius 2 is 1.87 bits per heavy atom. The highest BCUT2D eigenvalue weighted by atomic mass is 32.2. The highest BCUT2D eigenvalue weighted by molar-refractivity contribution is 7.99. The molecule has 2 aromatic rings. The van der Waals surface area contributed by atoms with Gasteiger partial charge in [0.05, 0.1) is 0 Å². The third kappa shape index (κ3) is 4.29. The number of guanidine groups is 1. The summed E-state index contributed by atoms with van der Waals surface area (Å²) in [7, 11) is 1.83. The van der Waals surface area contributed by atoms with Gasteiger partial charge in [-0.05, 0) is 29.7 Å². The van der Waals surface area contributed by atoms with E-state index in [1.165, 1.54) is 22.4 Å². The summed E-state index contributed by atoms with van der Waals surface area (Å²) in [6, 6.07) is 19.2. The Kier molecular flexibility index (Phi) is 5.59. The van der Waals surface area contributed by atoms with E-state index in [2.05, 4.69) is 64.2 Å². The zero-order valence-electron chi connectivity index (χ0n) is 13.5. The molecule has 0 saturated heterocycles. The molecule has 1 atom stereocenters. The van der Waals surface area contributed by atoms with Gasteiger partial charge in [0.1, 0.15) is 0 Å². The molecule has 0 fully saturated rings. The van der Waals surface area contributed by atoms with Crippen molar-refractivity contribution in [2.24, 2.45) is 4.99 Å². The molecule has 0 amide bonds. The predicted octanol–water partition coefficient (Wildman–Crippen LogP) is 3.28. The summed E-state index contributed by atoms with van der Waals surface area (Å²) >= 11 is 1.86. The van der Waals surface area contributed by atoms with Gasteiger partial charge in [-0.1, -0.05) is 42.5 Å². The van der Waals surface area contributed by atoms with Gasteiger partial charge in [-0.15, -0.1) is 11.8 Å². The molecule has 1 aliphatic carbocycles. The number of nitrogens with zero attached hydrogens (tertiary/aromatic N) is 1. The molecular formula is C19H23N3S. The highest BCUT2D eigenvalue weighted by Crippen LogP contribution is 2.33. The first-order valence-corrected chi connectivity index (χ1v) is 9.05. The molecule has 3 nitrogen and oxygen atoms in total. The quantitative estimate of drug-likeness (QED) is 0.370. The van der Waals surface area contributed by atoms with Crippen LogP contribution in [0.25, 0.3) is 0 Å². The molecule has 2 N–H and O–H groups in total. The largest absolute Gasteiger partial charge is 0.356 e. The highest BCUT2D eigenvalue weighted by Gasteiger charge is 2.25. The molecule has 0 aliphatic heterocycles. The van der Waals surface area contributed by atoms with Crippen LogP contribution in [0.15, 0.2) is 64.5 Å². The molecule has 0 heterocycles. The molecule has 23 heavy (non-hydrogen) atoms. The fourth-order valence-corrected chi connectivity index (χ4v) is 3.63. The molecular weight excluding hydrogens is 302 g/mol. The van der Waals surface area contributed by atoms with Gasteiger partial charge in [-0.2, -0.15) is 0 Å². The van der Waals surface area contributed by atoms with Crippen molar-refractivity contribution in [3.63, 3.8) is 0 Å². The van der Waals surface area contributed by atoms with E-state index in [1.807, 2.05) is 24.9 Å². The van der Waals surface area contributed by atoms with Crippen molar-refractivity contribution in [2.75, 3.05) is 25.9 Å². The number of hydrogen-bond acceptors (Lipinski definition) is 2. The van der Waals surface area contributed by atoms with E-state index in [4.69, 9.17) is 0 Å². The Balaban J connectivity index is 1.36. The number of aliphatic imine (C=N–C) groups is 1. The van der Waals surface area contributed by atoms with Gasteiger partial charge in [0.25, 0.3) is 0 Å². The standard InChI is InChI=1S/C19H23N3S/c1-20-19(21-11-12-23-17-8-3-2-4-9-17)22-14-16-13-15-7-5-6-10-18(15)16/h2-10,16H,11-14H2,1H3,(H2,20,21,22). The molecule has 0 radical (unpaired) electrons. The molecule has 120 valence electrons. The minimum absolute atomic E-state index is 0.614. The van der Waals surface area contributed by atoms with Gasteiger partial charge in [0.2, 0.25) is 0 Å². The third-order valence-electron chi connectivity index (χ3n) is 4.11. The van der Waals surface area contributed by atoms with E-state index < -0.39 is 0 Å². The summed E-state index contributed by atoms with van der Waals surface area (Å²) in [6.45, 7) is 1.85. The smallest absolute Gasteiger partial charge is 0.191 e. The molecule has 0 saturated carbocycles. The Morgan fingerprint density at radius 3 is 2.65 bits per heavy atom. The first-order valence-electron chi connectivity index (χ1n) is 8.07. The van der Waals surface area contributed by atoms with Gasteiger partial charge >= 0.3 is 0 Å². The van der Waals surface area contributed by atoms with Gasteiger partial charge in [-0.25, -0.2) is 0 Å². The van der Waals surface area contributed by atoms with Crippen molar-refractivity contribution in [2.45, 2.75) is 17.2 Å². The molecule has 0 spiro atoms. The number of benzene rings is 2. The Bertz CT molecular complexity index is 655. The average Bonchev–Trinajstić information content (AvgIpc) is 2.58. The number of hydrogen-bond donors (Lipinski definition) is 2.